The molecule has 5 N–H and O–H groups in total. The highest BCUT2D eigenvalue weighted by atomic mass is 16.3. The Labute approximate surface area is 152 Å². The third kappa shape index (κ3) is 3.74. The standard InChI is InChI=1S/C17H14N8O2/c18-15(26)10-3-1-4-11(7-10)21-16-19-9-20-17(23-16)22-14-8-12(24-25-14)13-5-2-6-27-13/h1-9H,(H2,18,26)(H3,19,20,21,22,23,24,25). The molecule has 10 heteroatoms. The van der Waals surface area contributed by atoms with Crippen LogP contribution >= 0.6 is 0 Å². The van der Waals surface area contributed by atoms with Crippen LogP contribution in [0, 0.1) is 0 Å². The van der Waals surface area contributed by atoms with Crippen molar-refractivity contribution >= 4 is 29.3 Å². The van der Waals surface area contributed by atoms with Crippen LogP contribution in [0.25, 0.3) is 11.5 Å². The molecule has 0 saturated heterocycles. The molecule has 134 valence electrons. The molecule has 4 rings (SSSR count). The number of aromatic nitrogens is 5. The quantitative estimate of drug-likeness (QED) is 0.409. The molecule has 4 aromatic rings. The fourth-order valence-corrected chi connectivity index (χ4v) is 2.35. The summed E-state index contributed by atoms with van der Waals surface area (Å²) in [6, 6.07) is 12.1. The van der Waals surface area contributed by atoms with Gasteiger partial charge in [0.1, 0.15) is 17.8 Å². The van der Waals surface area contributed by atoms with Crippen LogP contribution in [0.3, 0.4) is 0 Å². The lowest BCUT2D eigenvalue weighted by atomic mass is 10.2. The number of furan rings is 1. The lowest BCUT2D eigenvalue weighted by Crippen LogP contribution is -2.11. The van der Waals surface area contributed by atoms with Gasteiger partial charge in [-0.3, -0.25) is 9.89 Å². The van der Waals surface area contributed by atoms with Gasteiger partial charge >= 0.3 is 0 Å². The van der Waals surface area contributed by atoms with E-state index in [9.17, 15) is 4.79 Å². The van der Waals surface area contributed by atoms with Gasteiger partial charge in [-0.05, 0) is 30.3 Å². The Bertz CT molecular complexity index is 1070. The van der Waals surface area contributed by atoms with E-state index in [4.69, 9.17) is 10.2 Å². The van der Waals surface area contributed by atoms with Gasteiger partial charge in [0.15, 0.2) is 5.76 Å². The molecule has 1 aromatic carbocycles. The zero-order valence-corrected chi connectivity index (χ0v) is 13.9. The van der Waals surface area contributed by atoms with Crippen molar-refractivity contribution in [3.05, 3.63) is 60.6 Å². The number of hydrogen-bond donors (Lipinski definition) is 4. The lowest BCUT2D eigenvalue weighted by molar-refractivity contribution is 0.100. The minimum atomic E-state index is -0.511. The maximum Gasteiger partial charge on any atom is 0.248 e. The predicted molar refractivity (Wildman–Crippen MR) is 97.6 cm³/mol. The average Bonchev–Trinajstić information content (AvgIpc) is 3.34. The van der Waals surface area contributed by atoms with Crippen LogP contribution in [-0.4, -0.2) is 31.1 Å². The van der Waals surface area contributed by atoms with Crippen molar-refractivity contribution in [2.75, 3.05) is 10.6 Å². The molecule has 0 aliphatic heterocycles. The van der Waals surface area contributed by atoms with Gasteiger partial charge < -0.3 is 20.8 Å². The van der Waals surface area contributed by atoms with Gasteiger partial charge in [-0.1, -0.05) is 6.07 Å². The Morgan fingerprint density at radius 1 is 1.07 bits per heavy atom. The second-order valence-corrected chi connectivity index (χ2v) is 5.47. The summed E-state index contributed by atoms with van der Waals surface area (Å²) < 4.78 is 5.30. The topological polar surface area (TPSA) is 148 Å². The predicted octanol–water partition coefficient (Wildman–Crippen LogP) is 2.44. The van der Waals surface area contributed by atoms with E-state index in [0.717, 1.165) is 0 Å². The third-order valence-electron chi connectivity index (χ3n) is 3.57. The van der Waals surface area contributed by atoms with Gasteiger partial charge in [0.05, 0.1) is 6.26 Å². The first kappa shape index (κ1) is 16.3. The summed E-state index contributed by atoms with van der Waals surface area (Å²) in [5.41, 5.74) is 6.95. The molecule has 3 aromatic heterocycles. The minimum absolute atomic E-state index is 0.305. The number of nitrogens with zero attached hydrogens (tertiary/aromatic N) is 4. The molecule has 0 bridgehead atoms. The smallest absolute Gasteiger partial charge is 0.248 e. The monoisotopic (exact) mass is 362 g/mol. The highest BCUT2D eigenvalue weighted by Crippen LogP contribution is 2.21. The molecule has 1 amide bonds. The van der Waals surface area contributed by atoms with Gasteiger partial charge in [0.2, 0.25) is 17.8 Å². The summed E-state index contributed by atoms with van der Waals surface area (Å²) in [5, 5.41) is 13.0. The van der Waals surface area contributed by atoms with Crippen molar-refractivity contribution in [2.24, 2.45) is 5.73 Å². The second-order valence-electron chi connectivity index (χ2n) is 5.47. The Balaban J connectivity index is 1.49. The number of aromatic amines is 1. The Hall–Kier alpha value is -4.21. The second kappa shape index (κ2) is 6.96. The molecular weight excluding hydrogens is 348 g/mol. The van der Waals surface area contributed by atoms with Crippen LogP contribution in [0.5, 0.6) is 0 Å². The van der Waals surface area contributed by atoms with Crippen molar-refractivity contribution in [2.45, 2.75) is 0 Å². The van der Waals surface area contributed by atoms with Crippen LogP contribution in [0.2, 0.25) is 0 Å². The minimum Gasteiger partial charge on any atom is -0.463 e. The third-order valence-corrected chi connectivity index (χ3v) is 3.57. The number of carbonyl (C=O) groups excluding carboxylic acids is 1. The average molecular weight is 362 g/mol. The fourth-order valence-electron chi connectivity index (χ4n) is 2.35. The summed E-state index contributed by atoms with van der Waals surface area (Å²) in [5.74, 6) is 1.34. The number of rotatable bonds is 6. The zero-order chi connectivity index (χ0) is 18.6. The summed E-state index contributed by atoms with van der Waals surface area (Å²) in [6.07, 6.45) is 2.94. The van der Waals surface area contributed by atoms with E-state index in [-0.39, 0.29) is 0 Å². The summed E-state index contributed by atoms with van der Waals surface area (Å²) in [7, 11) is 0. The molecule has 0 unspecified atom stereocenters. The van der Waals surface area contributed by atoms with Gasteiger partial charge in [-0.25, -0.2) is 9.97 Å². The van der Waals surface area contributed by atoms with Gasteiger partial charge in [-0.2, -0.15) is 10.1 Å². The highest BCUT2D eigenvalue weighted by molar-refractivity contribution is 5.93. The van der Waals surface area contributed by atoms with Crippen molar-refractivity contribution in [1.82, 2.24) is 25.1 Å². The fraction of sp³-hybridized carbons (Fsp3) is 0. The summed E-state index contributed by atoms with van der Waals surface area (Å²) in [6.45, 7) is 0. The first-order valence-electron chi connectivity index (χ1n) is 7.89. The summed E-state index contributed by atoms with van der Waals surface area (Å²) in [4.78, 5) is 23.7. The molecular formula is C17H14N8O2. The molecule has 0 saturated carbocycles. The van der Waals surface area contributed by atoms with Crippen LogP contribution < -0.4 is 16.4 Å². The molecule has 0 atom stereocenters. The number of carbonyl (C=O) groups is 1. The number of amides is 1. The van der Waals surface area contributed by atoms with Crippen molar-refractivity contribution in [1.29, 1.82) is 0 Å². The molecule has 27 heavy (non-hydrogen) atoms. The number of nitrogens with two attached hydrogens (primary N) is 1. The van der Waals surface area contributed by atoms with Crippen LogP contribution in [-0.2, 0) is 0 Å². The van der Waals surface area contributed by atoms with Crippen molar-refractivity contribution in [3.8, 4) is 11.5 Å². The Kier molecular flexibility index (Phi) is 4.19. The highest BCUT2D eigenvalue weighted by Gasteiger charge is 2.08. The van der Waals surface area contributed by atoms with E-state index in [2.05, 4.69) is 35.8 Å². The number of hydrogen-bond acceptors (Lipinski definition) is 8. The largest absolute Gasteiger partial charge is 0.463 e. The maximum atomic E-state index is 11.3. The zero-order valence-electron chi connectivity index (χ0n) is 13.9. The van der Waals surface area contributed by atoms with Crippen molar-refractivity contribution < 1.29 is 9.21 Å². The van der Waals surface area contributed by atoms with E-state index in [1.54, 1.807) is 42.7 Å². The van der Waals surface area contributed by atoms with E-state index < -0.39 is 5.91 Å². The molecule has 0 aliphatic rings. The SMILES string of the molecule is NC(=O)c1cccc(Nc2ncnc(Nc3cc(-c4ccco4)n[nH]3)n2)c1. The van der Waals surface area contributed by atoms with Crippen LogP contribution in [0.1, 0.15) is 10.4 Å². The Morgan fingerprint density at radius 3 is 2.70 bits per heavy atom. The number of benzene rings is 1. The maximum absolute atomic E-state index is 11.3. The van der Waals surface area contributed by atoms with E-state index in [1.807, 2.05) is 6.07 Å². The number of nitrogens with one attached hydrogen (secondary N) is 3. The molecule has 0 fully saturated rings. The van der Waals surface area contributed by atoms with E-state index >= 15 is 0 Å². The normalized spacial score (nSPS) is 10.5. The molecule has 0 radical (unpaired) electrons. The van der Waals surface area contributed by atoms with E-state index in [0.29, 0.717) is 40.4 Å². The van der Waals surface area contributed by atoms with Gasteiger partial charge in [0, 0.05) is 17.3 Å². The first-order chi connectivity index (χ1) is 13.2. The van der Waals surface area contributed by atoms with Crippen LogP contribution in [0.15, 0.2) is 59.5 Å². The first-order valence-corrected chi connectivity index (χ1v) is 7.89. The van der Waals surface area contributed by atoms with Gasteiger partial charge in [-0.15, -0.1) is 0 Å². The van der Waals surface area contributed by atoms with Gasteiger partial charge in [0.25, 0.3) is 0 Å². The van der Waals surface area contributed by atoms with Crippen LogP contribution in [0.4, 0.5) is 23.4 Å². The molecule has 0 aliphatic carbocycles. The van der Waals surface area contributed by atoms with E-state index in [1.165, 1.54) is 6.33 Å². The number of H-pyrrole nitrogens is 1. The number of anilines is 4. The number of primary amides is 1. The molecule has 10 nitrogen and oxygen atoms in total. The molecule has 3 heterocycles. The lowest BCUT2D eigenvalue weighted by Gasteiger charge is -2.07. The molecule has 0 spiro atoms. The summed E-state index contributed by atoms with van der Waals surface area (Å²) >= 11 is 0. The Morgan fingerprint density at radius 2 is 1.93 bits per heavy atom. The van der Waals surface area contributed by atoms with Crippen molar-refractivity contribution in [3.63, 3.8) is 0 Å².